The average molecular weight is 739 g/mol. The fourth-order valence-electron chi connectivity index (χ4n) is 14.0. The molecule has 2 aromatic carbocycles. The monoisotopic (exact) mass is 738 g/mol. The topological polar surface area (TPSA) is 96.9 Å². The quantitative estimate of drug-likeness (QED) is 0.223. The number of rotatable bonds is 9. The number of carbonyl (C=O) groups excluding carboxylic acids is 2. The molecule has 5 fully saturated rings. The lowest BCUT2D eigenvalue weighted by molar-refractivity contribution is -0.246. The molecule has 294 valence electrons. The van der Waals surface area contributed by atoms with Crippen molar-refractivity contribution in [3.05, 3.63) is 71.3 Å². The zero-order valence-electron chi connectivity index (χ0n) is 34.3. The molecular formula is C47H66N2O5. The lowest BCUT2D eigenvalue weighted by atomic mass is 9.32. The maximum atomic E-state index is 14.7. The van der Waals surface area contributed by atoms with Crippen LogP contribution in [0.3, 0.4) is 0 Å². The Balaban J connectivity index is 1.08. The number of nitrogens with one attached hydrogen (secondary N) is 2. The first kappa shape index (κ1) is 38.9. The van der Waals surface area contributed by atoms with Gasteiger partial charge in [0.2, 0.25) is 5.91 Å². The number of aliphatic hydroxyl groups is 1. The Hall–Kier alpha value is -3.32. The van der Waals surface area contributed by atoms with Gasteiger partial charge in [0.15, 0.2) is 0 Å². The number of allylic oxidation sites excluding steroid dienone is 1. The van der Waals surface area contributed by atoms with Crippen molar-refractivity contribution in [3.63, 3.8) is 0 Å². The third-order valence-corrected chi connectivity index (χ3v) is 17.1. The summed E-state index contributed by atoms with van der Waals surface area (Å²) < 4.78 is 10.8. The van der Waals surface area contributed by atoms with Crippen LogP contribution in [0.1, 0.15) is 127 Å². The van der Waals surface area contributed by atoms with Gasteiger partial charge < -0.3 is 25.2 Å². The highest BCUT2D eigenvalue weighted by atomic mass is 16.5. The number of methoxy groups -OCH3 is 2. The Labute approximate surface area is 324 Å². The van der Waals surface area contributed by atoms with Gasteiger partial charge in [-0.15, -0.1) is 0 Å². The minimum absolute atomic E-state index is 0.0584. The first-order chi connectivity index (χ1) is 25.6. The third kappa shape index (κ3) is 5.92. The molecular weight excluding hydrogens is 673 g/mol. The van der Waals surface area contributed by atoms with Gasteiger partial charge in [-0.25, -0.2) is 0 Å². The lowest BCUT2D eigenvalue weighted by Crippen LogP contribution is -2.67. The minimum atomic E-state index is -0.401. The lowest BCUT2D eigenvalue weighted by Gasteiger charge is -2.72. The van der Waals surface area contributed by atoms with E-state index >= 15 is 0 Å². The molecule has 5 aliphatic rings. The number of benzene rings is 2. The van der Waals surface area contributed by atoms with E-state index in [9.17, 15) is 14.7 Å². The van der Waals surface area contributed by atoms with Crippen LogP contribution in [0.4, 0.5) is 0 Å². The van der Waals surface area contributed by atoms with Crippen molar-refractivity contribution >= 4 is 11.8 Å². The van der Waals surface area contributed by atoms with Gasteiger partial charge in [-0.05, 0) is 152 Å². The van der Waals surface area contributed by atoms with Crippen LogP contribution in [0.25, 0.3) is 0 Å². The molecule has 2 amide bonds. The fraction of sp³-hybridized carbons (Fsp3) is 0.660. The average Bonchev–Trinajstić information content (AvgIpc) is 3.56. The second-order valence-corrected chi connectivity index (χ2v) is 19.5. The van der Waals surface area contributed by atoms with Crippen molar-refractivity contribution in [3.8, 4) is 11.5 Å². The van der Waals surface area contributed by atoms with Crippen molar-refractivity contribution in [1.29, 1.82) is 0 Å². The molecule has 54 heavy (non-hydrogen) atoms. The number of amides is 2. The van der Waals surface area contributed by atoms with E-state index in [0.717, 1.165) is 49.7 Å². The second-order valence-electron chi connectivity index (χ2n) is 19.5. The number of aliphatic hydroxyl groups excluding tert-OH is 1. The highest BCUT2D eigenvalue weighted by molar-refractivity contribution is 5.94. The van der Waals surface area contributed by atoms with E-state index in [2.05, 4.69) is 58.8 Å². The van der Waals surface area contributed by atoms with Crippen molar-refractivity contribution in [2.24, 2.45) is 56.7 Å². The summed E-state index contributed by atoms with van der Waals surface area (Å²) in [4.78, 5) is 28.0. The predicted octanol–water partition coefficient (Wildman–Crippen LogP) is 9.27. The van der Waals surface area contributed by atoms with Crippen molar-refractivity contribution in [1.82, 2.24) is 10.6 Å². The molecule has 0 bridgehead atoms. The normalized spacial score (nSPS) is 37.8. The van der Waals surface area contributed by atoms with Gasteiger partial charge in [0, 0.05) is 30.3 Å². The Kier molecular flexibility index (Phi) is 10.1. The molecule has 0 spiro atoms. The molecule has 0 radical (unpaired) electrons. The molecule has 2 aromatic rings. The highest BCUT2D eigenvalue weighted by Crippen LogP contribution is 2.77. The molecule has 0 heterocycles. The van der Waals surface area contributed by atoms with Gasteiger partial charge in [-0.2, -0.15) is 0 Å². The van der Waals surface area contributed by atoms with E-state index in [1.54, 1.807) is 14.2 Å². The molecule has 4 unspecified atom stereocenters. The number of fused-ring (bicyclic) bond motifs is 7. The van der Waals surface area contributed by atoms with Crippen molar-refractivity contribution in [2.45, 2.75) is 125 Å². The van der Waals surface area contributed by atoms with Crippen molar-refractivity contribution in [2.75, 3.05) is 14.2 Å². The number of carbonyl (C=O) groups is 2. The molecule has 0 aliphatic heterocycles. The van der Waals surface area contributed by atoms with E-state index in [-0.39, 0.29) is 45.5 Å². The van der Waals surface area contributed by atoms with E-state index in [1.807, 2.05) is 42.5 Å². The Morgan fingerprint density at radius 2 is 1.59 bits per heavy atom. The zero-order valence-corrected chi connectivity index (χ0v) is 34.3. The van der Waals surface area contributed by atoms with Gasteiger partial charge in [-0.3, -0.25) is 9.59 Å². The van der Waals surface area contributed by atoms with Gasteiger partial charge in [0.25, 0.3) is 5.91 Å². The fourth-order valence-corrected chi connectivity index (χ4v) is 14.0. The molecule has 0 saturated heterocycles. The van der Waals surface area contributed by atoms with E-state index in [4.69, 9.17) is 9.47 Å². The Morgan fingerprint density at radius 3 is 2.31 bits per heavy atom. The van der Waals surface area contributed by atoms with E-state index < -0.39 is 5.41 Å². The van der Waals surface area contributed by atoms with Crippen LogP contribution in [0, 0.1) is 56.7 Å². The standard InChI is InChI=1S/C47H66N2O5/c1-29(2)34-17-22-47(42(52)49-27-30-11-10-12-31(25-30)41(51)48-28-32-13-14-33(53-8)26-36(32)54-9)24-23-45(6)35(40(34)47)15-16-38-44(5)20-19-39(50)43(3,4)37(44)18-21-46(38,45)7/h10-14,25-26,34-35,37-40,50H,1,15-24,27-28H2,2-9H3,(H,48,51)(H,49,52)/t34-,35?,37?,38?,39-,40?,44-,45+,46+,47-/m0/s1. The summed E-state index contributed by atoms with van der Waals surface area (Å²) in [6, 6.07) is 13.2. The Bertz CT molecular complexity index is 1790. The smallest absolute Gasteiger partial charge is 0.251 e. The van der Waals surface area contributed by atoms with Crippen LogP contribution in [0.2, 0.25) is 0 Å². The summed E-state index contributed by atoms with van der Waals surface area (Å²) in [6.07, 6.45) is 10.5. The highest BCUT2D eigenvalue weighted by Gasteiger charge is 2.71. The Morgan fingerprint density at radius 1 is 0.815 bits per heavy atom. The van der Waals surface area contributed by atoms with E-state index in [1.165, 1.54) is 31.3 Å². The largest absolute Gasteiger partial charge is 0.497 e. The molecule has 7 heteroatoms. The number of hydrogen-bond donors (Lipinski definition) is 3. The summed E-state index contributed by atoms with van der Waals surface area (Å²) in [7, 11) is 3.22. The first-order valence-corrected chi connectivity index (χ1v) is 20.8. The maximum absolute atomic E-state index is 14.7. The number of hydrogen-bond acceptors (Lipinski definition) is 5. The maximum Gasteiger partial charge on any atom is 0.251 e. The molecule has 10 atom stereocenters. The third-order valence-electron chi connectivity index (χ3n) is 17.1. The zero-order chi connectivity index (χ0) is 38.8. The molecule has 3 N–H and O–H groups in total. The summed E-state index contributed by atoms with van der Waals surface area (Å²) in [6.45, 7) is 19.9. The summed E-state index contributed by atoms with van der Waals surface area (Å²) >= 11 is 0. The van der Waals surface area contributed by atoms with Crippen molar-refractivity contribution < 1.29 is 24.2 Å². The van der Waals surface area contributed by atoms with Gasteiger partial charge in [0.05, 0.1) is 25.7 Å². The minimum Gasteiger partial charge on any atom is -0.497 e. The van der Waals surface area contributed by atoms with Crippen LogP contribution in [0.15, 0.2) is 54.6 Å². The van der Waals surface area contributed by atoms with E-state index in [0.29, 0.717) is 53.8 Å². The van der Waals surface area contributed by atoms with Crippen LogP contribution < -0.4 is 20.1 Å². The molecule has 0 aromatic heterocycles. The molecule has 7 nitrogen and oxygen atoms in total. The van der Waals surface area contributed by atoms with Crippen LogP contribution in [0.5, 0.6) is 11.5 Å². The summed E-state index contributed by atoms with van der Waals surface area (Å²) in [5, 5.41) is 17.6. The second kappa shape index (κ2) is 14.0. The molecule has 5 aliphatic carbocycles. The predicted molar refractivity (Wildman–Crippen MR) is 214 cm³/mol. The first-order valence-electron chi connectivity index (χ1n) is 20.8. The molecule has 5 saturated carbocycles. The summed E-state index contributed by atoms with van der Waals surface area (Å²) in [5.41, 5.74) is 3.68. The van der Waals surface area contributed by atoms with Gasteiger partial charge >= 0.3 is 0 Å². The SMILES string of the molecule is C=C(C)[C@@H]1CC[C@]2(C(=O)NCc3cccc(C(=O)NCc4ccc(OC)cc4OC)c3)CC[C@]3(C)C(CCC4[C@@]5(C)CC[C@H](O)C(C)(C)C5CC[C@]43C)C12. The number of ether oxygens (including phenoxy) is 2. The van der Waals surface area contributed by atoms with Crippen LogP contribution in [-0.2, 0) is 17.9 Å². The van der Waals surface area contributed by atoms with Crippen LogP contribution >= 0.6 is 0 Å². The van der Waals surface area contributed by atoms with Gasteiger partial charge in [0.1, 0.15) is 11.5 Å². The summed E-state index contributed by atoms with van der Waals surface area (Å²) in [5.74, 6) is 3.65. The van der Waals surface area contributed by atoms with Crippen LogP contribution in [-0.4, -0.2) is 37.2 Å². The molecule has 7 rings (SSSR count). The van der Waals surface area contributed by atoms with Gasteiger partial charge in [-0.1, -0.05) is 58.9 Å².